The Balaban J connectivity index is 1.24. The lowest BCUT2D eigenvalue weighted by atomic mass is 10.1. The van der Waals surface area contributed by atoms with Gasteiger partial charge in [0.25, 0.3) is 11.8 Å². The van der Waals surface area contributed by atoms with Crippen molar-refractivity contribution in [1.29, 1.82) is 0 Å². The Bertz CT molecular complexity index is 1630. The highest BCUT2D eigenvalue weighted by Crippen LogP contribution is 2.31. The molecular formula is C32H26N6O2. The van der Waals surface area contributed by atoms with Crippen LogP contribution in [0.4, 0.5) is 22.7 Å². The zero-order valence-electron chi connectivity index (χ0n) is 22.0. The number of fused-ring (bicyclic) bond motifs is 1. The summed E-state index contributed by atoms with van der Waals surface area (Å²) in [5.41, 5.74) is 5.39. The minimum Gasteiger partial charge on any atom is -0.360 e. The van der Waals surface area contributed by atoms with Gasteiger partial charge in [0.15, 0.2) is 0 Å². The molecule has 196 valence electrons. The average molecular weight is 527 g/mol. The van der Waals surface area contributed by atoms with Gasteiger partial charge in [-0.25, -0.2) is 0 Å². The standard InChI is InChI=1S/C32H26N6O2/c1-21-27(31(39)37(35-21)23-11-5-3-6-12-23)19-33-29-17-9-16-26-25(29)15-10-18-30(26)34-20-28-22(2)36-38(32(28)40)24-13-7-4-8-14-24/h3-20,33-34H,1-2H3. The molecule has 4 aromatic carbocycles. The second kappa shape index (κ2) is 10.3. The van der Waals surface area contributed by atoms with Gasteiger partial charge in [0, 0.05) is 34.5 Å². The number of carbonyl (C=O) groups excluding carboxylic acids is 2. The first-order valence-corrected chi connectivity index (χ1v) is 12.9. The number of benzene rings is 4. The Labute approximate surface area is 231 Å². The molecule has 0 radical (unpaired) electrons. The quantitative estimate of drug-likeness (QED) is 0.290. The number of anilines is 4. The molecule has 6 rings (SSSR count). The van der Waals surface area contributed by atoms with Crippen molar-refractivity contribution < 1.29 is 9.59 Å². The summed E-state index contributed by atoms with van der Waals surface area (Å²) in [6.45, 7) is 3.64. The summed E-state index contributed by atoms with van der Waals surface area (Å²) >= 11 is 0. The molecule has 2 aliphatic rings. The van der Waals surface area contributed by atoms with Gasteiger partial charge < -0.3 is 10.6 Å². The molecule has 0 bridgehead atoms. The monoisotopic (exact) mass is 526 g/mol. The Morgan fingerprint density at radius 2 is 0.950 bits per heavy atom. The van der Waals surface area contributed by atoms with E-state index in [1.165, 1.54) is 10.0 Å². The van der Waals surface area contributed by atoms with E-state index in [0.29, 0.717) is 22.6 Å². The zero-order chi connectivity index (χ0) is 27.6. The number of hydrazone groups is 2. The average Bonchev–Trinajstić information content (AvgIpc) is 3.44. The summed E-state index contributed by atoms with van der Waals surface area (Å²) in [5, 5.41) is 20.2. The van der Waals surface area contributed by atoms with Crippen LogP contribution in [0.25, 0.3) is 10.8 Å². The molecule has 8 nitrogen and oxygen atoms in total. The van der Waals surface area contributed by atoms with Crippen LogP contribution in [-0.2, 0) is 9.59 Å². The number of hydrogen-bond donors (Lipinski definition) is 2. The lowest BCUT2D eigenvalue weighted by Crippen LogP contribution is -2.21. The summed E-state index contributed by atoms with van der Waals surface area (Å²) in [6, 6.07) is 30.5. The molecule has 2 heterocycles. The Hall–Kier alpha value is -5.50. The summed E-state index contributed by atoms with van der Waals surface area (Å²) < 4.78 is 0. The van der Waals surface area contributed by atoms with Crippen molar-refractivity contribution in [3.05, 3.63) is 121 Å². The van der Waals surface area contributed by atoms with Crippen molar-refractivity contribution in [2.24, 2.45) is 10.2 Å². The number of carbonyl (C=O) groups is 2. The maximum absolute atomic E-state index is 13.1. The Kier molecular flexibility index (Phi) is 6.41. The molecule has 0 unspecified atom stereocenters. The van der Waals surface area contributed by atoms with E-state index < -0.39 is 0 Å². The third-order valence-electron chi connectivity index (χ3n) is 6.79. The lowest BCUT2D eigenvalue weighted by molar-refractivity contribution is -0.115. The maximum atomic E-state index is 13.1. The van der Waals surface area contributed by atoms with Gasteiger partial charge >= 0.3 is 0 Å². The van der Waals surface area contributed by atoms with E-state index >= 15 is 0 Å². The van der Waals surface area contributed by atoms with Gasteiger partial charge in [-0.15, -0.1) is 0 Å². The molecule has 0 spiro atoms. The van der Waals surface area contributed by atoms with E-state index in [2.05, 4.69) is 20.8 Å². The van der Waals surface area contributed by atoms with Gasteiger partial charge in [0.2, 0.25) is 0 Å². The highest BCUT2D eigenvalue weighted by molar-refractivity contribution is 6.30. The minimum atomic E-state index is -0.187. The van der Waals surface area contributed by atoms with Crippen LogP contribution in [0.15, 0.2) is 131 Å². The van der Waals surface area contributed by atoms with E-state index in [0.717, 1.165) is 33.5 Å². The molecule has 8 heteroatoms. The van der Waals surface area contributed by atoms with Crippen LogP contribution in [0.1, 0.15) is 13.8 Å². The second-order valence-corrected chi connectivity index (χ2v) is 9.39. The Morgan fingerprint density at radius 1 is 0.550 bits per heavy atom. The van der Waals surface area contributed by atoms with Crippen LogP contribution in [0.5, 0.6) is 0 Å². The van der Waals surface area contributed by atoms with Crippen molar-refractivity contribution in [2.75, 3.05) is 20.7 Å². The Morgan fingerprint density at radius 3 is 1.35 bits per heavy atom. The van der Waals surface area contributed by atoms with Crippen LogP contribution in [0, 0.1) is 0 Å². The van der Waals surface area contributed by atoms with E-state index in [9.17, 15) is 9.59 Å². The molecule has 0 atom stereocenters. The van der Waals surface area contributed by atoms with Crippen molar-refractivity contribution in [3.8, 4) is 0 Å². The molecule has 4 aromatic rings. The number of rotatable bonds is 6. The highest BCUT2D eigenvalue weighted by atomic mass is 16.2. The van der Waals surface area contributed by atoms with Gasteiger partial charge in [0.05, 0.1) is 33.9 Å². The van der Waals surface area contributed by atoms with E-state index in [1.54, 1.807) is 12.4 Å². The normalized spacial score (nSPS) is 17.1. The first kappa shape index (κ1) is 24.8. The highest BCUT2D eigenvalue weighted by Gasteiger charge is 2.29. The van der Waals surface area contributed by atoms with Crippen molar-refractivity contribution in [2.45, 2.75) is 13.8 Å². The third-order valence-corrected chi connectivity index (χ3v) is 6.79. The van der Waals surface area contributed by atoms with Gasteiger partial charge in [0.1, 0.15) is 0 Å². The van der Waals surface area contributed by atoms with Crippen LogP contribution in [-0.4, -0.2) is 23.2 Å². The molecule has 0 aliphatic carbocycles. The first-order valence-electron chi connectivity index (χ1n) is 12.9. The SMILES string of the molecule is CC1=NN(c2ccccc2)C(=O)C1=CNc1cccc2c(NC=C3C(=O)N(c4ccccc4)N=C3C)cccc12. The summed E-state index contributed by atoms with van der Waals surface area (Å²) in [7, 11) is 0. The van der Waals surface area contributed by atoms with Crippen molar-refractivity contribution in [3.63, 3.8) is 0 Å². The summed E-state index contributed by atoms with van der Waals surface area (Å²) in [5.74, 6) is -0.374. The van der Waals surface area contributed by atoms with Crippen LogP contribution in [0.2, 0.25) is 0 Å². The van der Waals surface area contributed by atoms with Crippen LogP contribution >= 0.6 is 0 Å². The van der Waals surface area contributed by atoms with E-state index in [4.69, 9.17) is 0 Å². The lowest BCUT2D eigenvalue weighted by Gasteiger charge is -2.13. The number of nitrogens with one attached hydrogen (secondary N) is 2. The minimum absolute atomic E-state index is 0.187. The molecule has 2 N–H and O–H groups in total. The summed E-state index contributed by atoms with van der Waals surface area (Å²) in [4.78, 5) is 26.2. The molecule has 40 heavy (non-hydrogen) atoms. The predicted octanol–water partition coefficient (Wildman–Crippen LogP) is 6.28. The first-order chi connectivity index (χ1) is 19.5. The number of amides is 2. The topological polar surface area (TPSA) is 89.4 Å². The fourth-order valence-corrected chi connectivity index (χ4v) is 4.72. The molecule has 2 aliphatic heterocycles. The molecule has 0 saturated carbocycles. The number of para-hydroxylation sites is 2. The molecule has 0 saturated heterocycles. The number of hydrogen-bond acceptors (Lipinski definition) is 6. The van der Waals surface area contributed by atoms with Gasteiger partial charge in [-0.1, -0.05) is 60.7 Å². The van der Waals surface area contributed by atoms with E-state index in [-0.39, 0.29) is 11.8 Å². The third kappa shape index (κ3) is 4.52. The van der Waals surface area contributed by atoms with Crippen LogP contribution in [0.3, 0.4) is 0 Å². The molecular weight excluding hydrogens is 500 g/mol. The largest absolute Gasteiger partial charge is 0.360 e. The fourth-order valence-electron chi connectivity index (χ4n) is 4.72. The molecule has 0 fully saturated rings. The van der Waals surface area contributed by atoms with Gasteiger partial charge in [-0.2, -0.15) is 20.2 Å². The maximum Gasteiger partial charge on any atom is 0.282 e. The summed E-state index contributed by atoms with van der Waals surface area (Å²) in [6.07, 6.45) is 3.41. The van der Waals surface area contributed by atoms with Crippen LogP contribution < -0.4 is 20.7 Å². The predicted molar refractivity (Wildman–Crippen MR) is 161 cm³/mol. The zero-order valence-corrected chi connectivity index (χ0v) is 22.0. The van der Waals surface area contributed by atoms with Gasteiger partial charge in [-0.05, 0) is 50.2 Å². The van der Waals surface area contributed by atoms with Gasteiger partial charge in [-0.3, -0.25) is 9.59 Å². The fraction of sp³-hybridized carbons (Fsp3) is 0.0625. The number of nitrogens with zero attached hydrogens (tertiary/aromatic N) is 4. The second-order valence-electron chi connectivity index (χ2n) is 9.39. The van der Waals surface area contributed by atoms with Crippen molar-refractivity contribution in [1.82, 2.24) is 0 Å². The smallest absolute Gasteiger partial charge is 0.282 e. The molecule has 2 amide bonds. The molecule has 0 aromatic heterocycles. The van der Waals surface area contributed by atoms with E-state index in [1.807, 2.05) is 111 Å². The van der Waals surface area contributed by atoms with Crippen molar-refractivity contribution >= 4 is 56.8 Å².